The second-order valence-electron chi connectivity index (χ2n) is 8.22. The van der Waals surface area contributed by atoms with Crippen LogP contribution in [0.2, 0.25) is 0 Å². The molecule has 0 aromatic heterocycles. The first-order chi connectivity index (χ1) is 18.2. The minimum Gasteiger partial charge on any atom is -0.508 e. The van der Waals surface area contributed by atoms with Crippen LogP contribution >= 0.6 is 0 Å². The summed E-state index contributed by atoms with van der Waals surface area (Å²) in [7, 11) is 1.59. The van der Waals surface area contributed by atoms with Crippen LogP contribution in [0.4, 0.5) is 5.69 Å². The van der Waals surface area contributed by atoms with E-state index in [9.17, 15) is 19.5 Å². The number of aromatic carboxylic acids is 1. The molecule has 0 atom stereocenters. The molecule has 0 unspecified atom stereocenters. The molecule has 0 aliphatic rings. The third-order valence-corrected chi connectivity index (χ3v) is 5.71. The van der Waals surface area contributed by atoms with E-state index in [4.69, 9.17) is 15.6 Å². The van der Waals surface area contributed by atoms with E-state index >= 15 is 0 Å². The molecule has 4 aromatic rings. The predicted molar refractivity (Wildman–Crippen MR) is 145 cm³/mol. The Balaban J connectivity index is 0.000000336. The van der Waals surface area contributed by atoms with E-state index in [1.165, 1.54) is 31.2 Å². The molecule has 8 nitrogen and oxygen atoms in total. The molecule has 4 rings (SSSR count). The van der Waals surface area contributed by atoms with E-state index in [0.717, 1.165) is 16.8 Å². The molecule has 0 heterocycles. The van der Waals surface area contributed by atoms with Crippen molar-refractivity contribution in [3.8, 4) is 22.6 Å². The maximum absolute atomic E-state index is 12.3. The number of primary amides is 1. The standard InChI is InChI=1S/C23H21NO4.C7H7NO2/c1-16(25)24(18-11-13-19(28-2)14-12-18)15-17-7-3-4-8-20(17)21-9-5-6-10-22(21)23(26)27;8-7(10)5-1-3-6(9)4-2-5/h3-14H,15H2,1-2H3,(H,26,27);1-4,9H,(H2,8,10). The second kappa shape index (κ2) is 12.7. The van der Waals surface area contributed by atoms with Crippen molar-refractivity contribution in [2.24, 2.45) is 5.73 Å². The number of ether oxygens (including phenoxy) is 1. The summed E-state index contributed by atoms with van der Waals surface area (Å²) in [4.78, 5) is 36.1. The Labute approximate surface area is 220 Å². The Hall–Kier alpha value is -5.11. The molecule has 2 amide bonds. The maximum Gasteiger partial charge on any atom is 0.336 e. The van der Waals surface area contributed by atoms with E-state index < -0.39 is 11.9 Å². The highest BCUT2D eigenvalue weighted by molar-refractivity contribution is 5.97. The number of amides is 2. The number of nitrogens with zero attached hydrogens (tertiary/aromatic N) is 1. The number of phenols is 1. The summed E-state index contributed by atoms with van der Waals surface area (Å²) in [6, 6.07) is 27.5. The zero-order valence-corrected chi connectivity index (χ0v) is 21.0. The van der Waals surface area contributed by atoms with E-state index in [1.54, 1.807) is 42.3 Å². The van der Waals surface area contributed by atoms with Crippen molar-refractivity contribution >= 4 is 23.5 Å². The Morgan fingerprint density at radius 1 is 0.816 bits per heavy atom. The lowest BCUT2D eigenvalue weighted by atomic mass is 9.95. The molecule has 0 saturated carbocycles. The zero-order chi connectivity index (χ0) is 27.7. The number of aromatic hydroxyl groups is 1. The lowest BCUT2D eigenvalue weighted by Crippen LogP contribution is -2.28. The van der Waals surface area contributed by atoms with Crippen LogP contribution in [0.1, 0.15) is 33.2 Å². The van der Waals surface area contributed by atoms with Crippen LogP contribution in [0.3, 0.4) is 0 Å². The smallest absolute Gasteiger partial charge is 0.336 e. The number of rotatable bonds is 7. The molecule has 8 heteroatoms. The lowest BCUT2D eigenvalue weighted by molar-refractivity contribution is -0.116. The number of carbonyl (C=O) groups excluding carboxylic acids is 2. The number of hydrogen-bond donors (Lipinski definition) is 3. The average Bonchev–Trinajstić information content (AvgIpc) is 2.92. The normalized spacial score (nSPS) is 10.1. The van der Waals surface area contributed by atoms with Gasteiger partial charge in [-0.3, -0.25) is 9.59 Å². The summed E-state index contributed by atoms with van der Waals surface area (Å²) >= 11 is 0. The first-order valence-corrected chi connectivity index (χ1v) is 11.6. The Kier molecular flexibility index (Phi) is 9.21. The number of nitrogens with two attached hydrogens (primary N) is 1. The lowest BCUT2D eigenvalue weighted by Gasteiger charge is -2.23. The maximum atomic E-state index is 12.3. The summed E-state index contributed by atoms with van der Waals surface area (Å²) in [5, 5.41) is 18.3. The number of phenolic OH excluding ortho intramolecular Hbond substituents is 1. The van der Waals surface area contributed by atoms with Gasteiger partial charge in [-0.2, -0.15) is 0 Å². The monoisotopic (exact) mass is 512 g/mol. The van der Waals surface area contributed by atoms with Crippen molar-refractivity contribution in [2.45, 2.75) is 13.5 Å². The van der Waals surface area contributed by atoms with Crippen molar-refractivity contribution in [1.82, 2.24) is 0 Å². The molecular formula is C30H28N2O6. The Bertz CT molecular complexity index is 1420. The van der Waals surface area contributed by atoms with Gasteiger partial charge in [-0.1, -0.05) is 42.5 Å². The summed E-state index contributed by atoms with van der Waals surface area (Å²) < 4.78 is 5.18. The molecule has 0 spiro atoms. The van der Waals surface area contributed by atoms with Gasteiger partial charge in [0.25, 0.3) is 0 Å². The van der Waals surface area contributed by atoms with Crippen molar-refractivity contribution in [2.75, 3.05) is 12.0 Å². The van der Waals surface area contributed by atoms with Gasteiger partial charge in [-0.15, -0.1) is 0 Å². The van der Waals surface area contributed by atoms with Gasteiger partial charge < -0.3 is 25.6 Å². The summed E-state index contributed by atoms with van der Waals surface area (Å²) in [6.45, 7) is 1.84. The summed E-state index contributed by atoms with van der Waals surface area (Å²) in [5.41, 5.74) is 8.60. The molecule has 4 N–H and O–H groups in total. The van der Waals surface area contributed by atoms with Gasteiger partial charge in [0.15, 0.2) is 0 Å². The van der Waals surface area contributed by atoms with E-state index in [1.807, 2.05) is 42.5 Å². The van der Waals surface area contributed by atoms with Gasteiger partial charge >= 0.3 is 5.97 Å². The first kappa shape index (κ1) is 27.5. The van der Waals surface area contributed by atoms with E-state index in [0.29, 0.717) is 23.4 Å². The topological polar surface area (TPSA) is 130 Å². The Morgan fingerprint density at radius 2 is 1.39 bits per heavy atom. The third kappa shape index (κ3) is 6.98. The van der Waals surface area contributed by atoms with Crippen LogP contribution in [0.15, 0.2) is 97.1 Å². The van der Waals surface area contributed by atoms with Gasteiger partial charge in [0.2, 0.25) is 11.8 Å². The SMILES string of the molecule is COc1ccc(N(Cc2ccccc2-c2ccccc2C(=O)O)C(C)=O)cc1.NC(=O)c1ccc(O)cc1. The van der Waals surface area contributed by atoms with Gasteiger partial charge in [-0.25, -0.2) is 4.79 Å². The quantitative estimate of drug-likeness (QED) is 0.316. The van der Waals surface area contributed by atoms with Crippen molar-refractivity contribution < 1.29 is 29.3 Å². The van der Waals surface area contributed by atoms with Crippen LogP contribution in [0.25, 0.3) is 11.1 Å². The van der Waals surface area contributed by atoms with Crippen molar-refractivity contribution in [1.29, 1.82) is 0 Å². The molecule has 0 aliphatic heterocycles. The van der Waals surface area contributed by atoms with Crippen molar-refractivity contribution in [3.63, 3.8) is 0 Å². The molecular weight excluding hydrogens is 484 g/mol. The number of methoxy groups -OCH3 is 1. The fourth-order valence-corrected chi connectivity index (χ4v) is 3.77. The zero-order valence-electron chi connectivity index (χ0n) is 21.0. The van der Waals surface area contributed by atoms with Crippen LogP contribution in [0, 0.1) is 0 Å². The fraction of sp³-hybridized carbons (Fsp3) is 0.100. The van der Waals surface area contributed by atoms with E-state index in [-0.39, 0.29) is 17.2 Å². The number of benzene rings is 4. The minimum absolute atomic E-state index is 0.105. The van der Waals surface area contributed by atoms with Crippen LogP contribution in [0.5, 0.6) is 11.5 Å². The highest BCUT2D eigenvalue weighted by Gasteiger charge is 2.18. The summed E-state index contributed by atoms with van der Waals surface area (Å²) in [5.74, 6) is -0.733. The highest BCUT2D eigenvalue weighted by atomic mass is 16.5. The number of carbonyl (C=O) groups is 3. The molecule has 0 aliphatic carbocycles. The van der Waals surface area contributed by atoms with Crippen LogP contribution in [-0.2, 0) is 11.3 Å². The molecule has 0 fully saturated rings. The minimum atomic E-state index is -0.982. The second-order valence-corrected chi connectivity index (χ2v) is 8.22. The number of anilines is 1. The number of carboxylic acids is 1. The van der Waals surface area contributed by atoms with Gasteiger partial charge in [0, 0.05) is 18.2 Å². The number of carboxylic acid groups (broad SMARTS) is 1. The molecule has 0 radical (unpaired) electrons. The van der Waals surface area contributed by atoms with E-state index in [2.05, 4.69) is 0 Å². The van der Waals surface area contributed by atoms with Crippen molar-refractivity contribution in [3.05, 3.63) is 114 Å². The van der Waals surface area contributed by atoms with Crippen LogP contribution < -0.4 is 15.4 Å². The van der Waals surface area contributed by atoms with Gasteiger partial charge in [0.05, 0.1) is 19.2 Å². The number of hydrogen-bond acceptors (Lipinski definition) is 5. The Morgan fingerprint density at radius 3 is 1.95 bits per heavy atom. The molecule has 0 bridgehead atoms. The fourth-order valence-electron chi connectivity index (χ4n) is 3.77. The molecule has 4 aromatic carbocycles. The average molecular weight is 513 g/mol. The largest absolute Gasteiger partial charge is 0.508 e. The molecule has 38 heavy (non-hydrogen) atoms. The first-order valence-electron chi connectivity index (χ1n) is 11.6. The van der Waals surface area contributed by atoms with Gasteiger partial charge in [0.1, 0.15) is 11.5 Å². The van der Waals surface area contributed by atoms with Gasteiger partial charge in [-0.05, 0) is 71.3 Å². The highest BCUT2D eigenvalue weighted by Crippen LogP contribution is 2.30. The molecule has 0 saturated heterocycles. The predicted octanol–water partition coefficient (Wildman–Crippen LogP) is 5.10. The van der Waals surface area contributed by atoms with Crippen LogP contribution in [-0.4, -0.2) is 35.1 Å². The summed E-state index contributed by atoms with van der Waals surface area (Å²) in [6.07, 6.45) is 0. The third-order valence-electron chi connectivity index (χ3n) is 5.71. The molecule has 194 valence electrons.